The number of nitrogens with zero attached hydrogens (tertiary/aromatic N) is 4. The molecule has 0 radical (unpaired) electrons. The number of aromatic nitrogens is 3. The van der Waals surface area contributed by atoms with Gasteiger partial charge in [0.05, 0.1) is 16.9 Å². The lowest BCUT2D eigenvalue weighted by atomic mass is 10.2. The first kappa shape index (κ1) is 15.1. The molecular formula is C13H12Cl2FN5O. The molecule has 0 atom stereocenters. The van der Waals surface area contributed by atoms with Crippen LogP contribution in [0, 0.1) is 5.82 Å². The van der Waals surface area contributed by atoms with Crippen LogP contribution >= 0.6 is 23.2 Å². The zero-order valence-corrected chi connectivity index (χ0v) is 12.9. The van der Waals surface area contributed by atoms with Crippen LogP contribution in [0.3, 0.4) is 0 Å². The monoisotopic (exact) mass is 343 g/mol. The van der Waals surface area contributed by atoms with Crippen molar-refractivity contribution in [1.29, 1.82) is 0 Å². The van der Waals surface area contributed by atoms with Gasteiger partial charge in [0.1, 0.15) is 5.02 Å². The Balaban J connectivity index is 1.75. The number of aromatic amines is 1. The second-order valence-electron chi connectivity index (χ2n) is 4.83. The third-order valence-electron chi connectivity index (χ3n) is 3.49. The van der Waals surface area contributed by atoms with Crippen molar-refractivity contribution in [2.24, 2.45) is 0 Å². The molecule has 2 aromatic rings. The van der Waals surface area contributed by atoms with Gasteiger partial charge in [-0.3, -0.25) is 4.79 Å². The standard InChI is InChI=1S/C13H12Cl2FN5O/c14-8-5-9(16)12(17-6-8)21-3-1-20(2-4-21)10-7-18-19-13(22)11(10)15/h5-7H,1-4H2,(H,19,22). The van der Waals surface area contributed by atoms with Gasteiger partial charge in [0, 0.05) is 32.4 Å². The van der Waals surface area contributed by atoms with Gasteiger partial charge in [0.25, 0.3) is 5.56 Å². The normalized spacial score (nSPS) is 15.2. The first-order valence-corrected chi connectivity index (χ1v) is 7.36. The van der Waals surface area contributed by atoms with Gasteiger partial charge in [0.15, 0.2) is 11.6 Å². The molecule has 0 aromatic carbocycles. The third-order valence-corrected chi connectivity index (χ3v) is 4.06. The Kier molecular flexibility index (Phi) is 4.17. The topological polar surface area (TPSA) is 65.1 Å². The summed E-state index contributed by atoms with van der Waals surface area (Å²) < 4.78 is 13.9. The summed E-state index contributed by atoms with van der Waals surface area (Å²) in [6, 6.07) is 1.24. The molecule has 6 nitrogen and oxygen atoms in total. The number of nitrogens with one attached hydrogen (secondary N) is 1. The molecule has 1 saturated heterocycles. The van der Waals surface area contributed by atoms with Gasteiger partial charge >= 0.3 is 0 Å². The Morgan fingerprint density at radius 2 is 1.82 bits per heavy atom. The lowest BCUT2D eigenvalue weighted by Gasteiger charge is -2.36. The van der Waals surface area contributed by atoms with Crippen LogP contribution in [-0.4, -0.2) is 41.4 Å². The first-order chi connectivity index (χ1) is 10.6. The maximum Gasteiger partial charge on any atom is 0.285 e. The fraction of sp³-hybridized carbons (Fsp3) is 0.308. The van der Waals surface area contributed by atoms with E-state index in [0.717, 1.165) is 0 Å². The predicted octanol–water partition coefficient (Wildman–Crippen LogP) is 1.94. The molecule has 1 N–H and O–H groups in total. The summed E-state index contributed by atoms with van der Waals surface area (Å²) in [6.45, 7) is 2.26. The van der Waals surface area contributed by atoms with Gasteiger partial charge < -0.3 is 9.80 Å². The predicted molar refractivity (Wildman–Crippen MR) is 83.5 cm³/mol. The first-order valence-electron chi connectivity index (χ1n) is 6.60. The van der Waals surface area contributed by atoms with Crippen molar-refractivity contribution in [1.82, 2.24) is 15.2 Å². The third kappa shape index (κ3) is 2.86. The molecule has 0 aliphatic carbocycles. The molecule has 3 rings (SSSR count). The van der Waals surface area contributed by atoms with Crippen LogP contribution in [0.2, 0.25) is 10.0 Å². The van der Waals surface area contributed by atoms with Crippen LogP contribution in [0.5, 0.6) is 0 Å². The van der Waals surface area contributed by atoms with Crippen molar-refractivity contribution < 1.29 is 4.39 Å². The SMILES string of the molecule is O=c1[nH]ncc(N2CCN(c3ncc(Cl)cc3F)CC2)c1Cl. The van der Waals surface area contributed by atoms with Crippen LogP contribution < -0.4 is 15.4 Å². The van der Waals surface area contributed by atoms with Crippen LogP contribution in [0.4, 0.5) is 15.9 Å². The highest BCUT2D eigenvalue weighted by atomic mass is 35.5. The van der Waals surface area contributed by atoms with E-state index in [2.05, 4.69) is 15.2 Å². The Morgan fingerprint density at radius 1 is 1.14 bits per heavy atom. The van der Waals surface area contributed by atoms with E-state index < -0.39 is 11.4 Å². The number of hydrogen-bond acceptors (Lipinski definition) is 5. The molecular weight excluding hydrogens is 332 g/mol. The molecule has 1 aliphatic heterocycles. The van der Waals surface area contributed by atoms with Crippen LogP contribution in [0.15, 0.2) is 23.3 Å². The number of anilines is 2. The van der Waals surface area contributed by atoms with Gasteiger partial charge in [-0.2, -0.15) is 5.10 Å². The van der Waals surface area contributed by atoms with Crippen molar-refractivity contribution in [2.75, 3.05) is 36.0 Å². The average molecular weight is 344 g/mol. The van der Waals surface area contributed by atoms with Gasteiger partial charge in [-0.1, -0.05) is 23.2 Å². The Morgan fingerprint density at radius 3 is 2.50 bits per heavy atom. The van der Waals surface area contributed by atoms with Crippen molar-refractivity contribution in [3.63, 3.8) is 0 Å². The van der Waals surface area contributed by atoms with Crippen molar-refractivity contribution in [3.05, 3.63) is 44.7 Å². The summed E-state index contributed by atoms with van der Waals surface area (Å²) in [7, 11) is 0. The zero-order chi connectivity index (χ0) is 15.7. The number of rotatable bonds is 2. The fourth-order valence-electron chi connectivity index (χ4n) is 2.39. The highest BCUT2D eigenvalue weighted by Gasteiger charge is 2.23. The lowest BCUT2D eigenvalue weighted by Crippen LogP contribution is -2.47. The minimum atomic E-state index is -0.447. The molecule has 1 fully saturated rings. The molecule has 0 saturated carbocycles. The molecule has 2 aromatic heterocycles. The smallest absolute Gasteiger partial charge is 0.285 e. The van der Waals surface area contributed by atoms with E-state index in [1.807, 2.05) is 9.80 Å². The summed E-state index contributed by atoms with van der Waals surface area (Å²) in [6.07, 6.45) is 2.93. The molecule has 0 unspecified atom stereocenters. The summed E-state index contributed by atoms with van der Waals surface area (Å²) >= 11 is 11.7. The number of pyridine rings is 1. The molecule has 1 aliphatic rings. The van der Waals surface area contributed by atoms with Crippen LogP contribution in [-0.2, 0) is 0 Å². The minimum absolute atomic E-state index is 0.110. The van der Waals surface area contributed by atoms with Crippen molar-refractivity contribution >= 4 is 34.7 Å². The zero-order valence-electron chi connectivity index (χ0n) is 11.4. The quantitative estimate of drug-likeness (QED) is 0.902. The number of piperazine rings is 1. The average Bonchev–Trinajstić information content (AvgIpc) is 2.50. The molecule has 116 valence electrons. The van der Waals surface area contributed by atoms with Gasteiger partial charge in [-0.15, -0.1) is 0 Å². The van der Waals surface area contributed by atoms with Crippen LogP contribution in [0.1, 0.15) is 0 Å². The number of halogens is 3. The Hall–Kier alpha value is -1.86. The summed E-state index contributed by atoms with van der Waals surface area (Å²) in [5.74, 6) is -0.170. The summed E-state index contributed by atoms with van der Waals surface area (Å²) in [5, 5.41) is 6.41. The van der Waals surface area contributed by atoms with E-state index >= 15 is 0 Å². The molecule has 0 bridgehead atoms. The van der Waals surface area contributed by atoms with Crippen molar-refractivity contribution in [2.45, 2.75) is 0 Å². The molecule has 3 heterocycles. The second kappa shape index (κ2) is 6.10. The van der Waals surface area contributed by atoms with E-state index in [1.165, 1.54) is 18.5 Å². The minimum Gasteiger partial charge on any atom is -0.365 e. The van der Waals surface area contributed by atoms with E-state index in [0.29, 0.717) is 31.9 Å². The van der Waals surface area contributed by atoms with E-state index in [4.69, 9.17) is 23.2 Å². The van der Waals surface area contributed by atoms with E-state index in [9.17, 15) is 9.18 Å². The van der Waals surface area contributed by atoms with Gasteiger partial charge in [-0.25, -0.2) is 14.5 Å². The molecule has 22 heavy (non-hydrogen) atoms. The molecule has 0 spiro atoms. The maximum atomic E-state index is 13.9. The Bertz CT molecular complexity index is 745. The van der Waals surface area contributed by atoms with E-state index in [1.54, 1.807) is 0 Å². The van der Waals surface area contributed by atoms with Gasteiger partial charge in [-0.05, 0) is 6.07 Å². The lowest BCUT2D eigenvalue weighted by molar-refractivity contribution is 0.588. The molecule has 9 heteroatoms. The summed E-state index contributed by atoms with van der Waals surface area (Å²) in [5.41, 5.74) is 0.154. The fourth-order valence-corrected chi connectivity index (χ4v) is 2.75. The van der Waals surface area contributed by atoms with Crippen LogP contribution in [0.25, 0.3) is 0 Å². The molecule has 0 amide bonds. The van der Waals surface area contributed by atoms with Gasteiger partial charge in [0.2, 0.25) is 0 Å². The second-order valence-corrected chi connectivity index (χ2v) is 5.65. The maximum absolute atomic E-state index is 13.9. The highest BCUT2D eigenvalue weighted by Crippen LogP contribution is 2.25. The van der Waals surface area contributed by atoms with Crippen molar-refractivity contribution in [3.8, 4) is 0 Å². The number of hydrogen-bond donors (Lipinski definition) is 1. The number of H-pyrrole nitrogens is 1. The Labute approximate surface area is 135 Å². The largest absolute Gasteiger partial charge is 0.365 e. The summed E-state index contributed by atoms with van der Waals surface area (Å²) in [4.78, 5) is 19.3. The van der Waals surface area contributed by atoms with E-state index in [-0.39, 0.29) is 15.9 Å². The highest BCUT2D eigenvalue weighted by molar-refractivity contribution is 6.33.